The number of pyridine rings is 1. The smallest absolute Gasteiger partial charge is 0.269 e. The van der Waals surface area contributed by atoms with E-state index in [2.05, 4.69) is 36.1 Å². The minimum atomic E-state index is -4.06. The molecule has 0 atom stereocenters. The minimum absolute atomic E-state index is 0.00883. The van der Waals surface area contributed by atoms with Crippen molar-refractivity contribution in [2.24, 2.45) is 0 Å². The Morgan fingerprint density at radius 1 is 1.05 bits per heavy atom. The Labute approximate surface area is 228 Å². The van der Waals surface area contributed by atoms with Gasteiger partial charge in [-0.05, 0) is 59.3 Å². The molecule has 0 aliphatic carbocycles. The summed E-state index contributed by atoms with van der Waals surface area (Å²) in [7, 11) is -2.74. The lowest BCUT2D eigenvalue weighted by atomic mass is 10.2. The van der Waals surface area contributed by atoms with Crippen molar-refractivity contribution < 1.29 is 22.7 Å². The summed E-state index contributed by atoms with van der Waals surface area (Å²) in [5.41, 5.74) is 6.83. The van der Waals surface area contributed by atoms with Gasteiger partial charge in [0.15, 0.2) is 0 Å². The van der Waals surface area contributed by atoms with Crippen molar-refractivity contribution in [3.8, 4) is 11.4 Å². The number of hydrogen-bond acceptors (Lipinski definition) is 10. The summed E-state index contributed by atoms with van der Waals surface area (Å²) >= 11 is 1.08. The molecule has 2 aromatic heterocycles. The molecule has 0 unspecified atom stereocenters. The number of carbonyl (C=O) groups excluding carboxylic acids is 2. The fourth-order valence-corrected chi connectivity index (χ4v) is 5.24. The van der Waals surface area contributed by atoms with Crippen LogP contribution in [0.4, 0.5) is 0 Å². The quantitative estimate of drug-likeness (QED) is 0.188. The first-order valence-electron chi connectivity index (χ1n) is 11.4. The zero-order valence-corrected chi connectivity index (χ0v) is 22.5. The molecule has 0 spiro atoms. The standard InChI is InChI=1S/C24H24N8O5S2/c1-16-7-3-4-9-19(16)32-24(29-30-31-32)38-15-22(33)27-28-23(34)17-10-11-20(37-2)21(13-17)39(35,36)26-14-18-8-5-6-12-25-18/h3-13,26H,14-15H2,1-2H3,(H,27,33)(H,28,34). The summed E-state index contributed by atoms with van der Waals surface area (Å²) in [5.74, 6) is -1.29. The Morgan fingerprint density at radius 2 is 1.85 bits per heavy atom. The monoisotopic (exact) mass is 568 g/mol. The molecule has 4 aromatic rings. The van der Waals surface area contributed by atoms with E-state index in [1.807, 2.05) is 31.2 Å². The molecule has 2 aromatic carbocycles. The van der Waals surface area contributed by atoms with Gasteiger partial charge in [0.2, 0.25) is 21.1 Å². The van der Waals surface area contributed by atoms with Crippen molar-refractivity contribution in [1.29, 1.82) is 0 Å². The molecule has 0 bridgehead atoms. The van der Waals surface area contributed by atoms with Crippen LogP contribution < -0.4 is 20.3 Å². The Kier molecular flexibility index (Phi) is 8.85. The fourth-order valence-electron chi connectivity index (χ4n) is 3.36. The minimum Gasteiger partial charge on any atom is -0.495 e. The second-order valence-corrected chi connectivity index (χ2v) is 10.6. The topological polar surface area (TPSA) is 170 Å². The third-order valence-corrected chi connectivity index (χ3v) is 7.66. The molecule has 13 nitrogen and oxygen atoms in total. The molecule has 15 heteroatoms. The molecular weight excluding hydrogens is 544 g/mol. The van der Waals surface area contributed by atoms with E-state index >= 15 is 0 Å². The molecule has 0 aliphatic heterocycles. The fraction of sp³-hybridized carbons (Fsp3) is 0.167. The Hall–Kier alpha value is -4.34. The van der Waals surface area contributed by atoms with Gasteiger partial charge in [-0.25, -0.2) is 13.1 Å². The number of rotatable bonds is 10. The number of carbonyl (C=O) groups is 2. The highest BCUT2D eigenvalue weighted by Gasteiger charge is 2.22. The molecule has 0 radical (unpaired) electrons. The average molecular weight is 569 g/mol. The van der Waals surface area contributed by atoms with Gasteiger partial charge in [0, 0.05) is 11.8 Å². The van der Waals surface area contributed by atoms with Gasteiger partial charge in [-0.2, -0.15) is 4.68 Å². The molecule has 0 aliphatic rings. The van der Waals surface area contributed by atoms with Crippen LogP contribution in [0.2, 0.25) is 0 Å². The molecule has 4 rings (SSSR count). The van der Waals surface area contributed by atoms with E-state index in [0.717, 1.165) is 29.1 Å². The SMILES string of the molecule is COc1ccc(C(=O)NNC(=O)CSc2nnnn2-c2ccccc2C)cc1S(=O)(=O)NCc1ccccn1. The van der Waals surface area contributed by atoms with Crippen molar-refractivity contribution in [3.63, 3.8) is 0 Å². The van der Waals surface area contributed by atoms with E-state index in [1.165, 1.54) is 23.9 Å². The number of aromatic nitrogens is 5. The van der Waals surface area contributed by atoms with Crippen LogP contribution in [0, 0.1) is 6.92 Å². The van der Waals surface area contributed by atoms with Gasteiger partial charge >= 0.3 is 0 Å². The number of amides is 2. The normalized spacial score (nSPS) is 11.1. The summed E-state index contributed by atoms with van der Waals surface area (Å²) in [6.07, 6.45) is 1.55. The van der Waals surface area contributed by atoms with Crippen molar-refractivity contribution in [3.05, 3.63) is 83.7 Å². The van der Waals surface area contributed by atoms with Crippen LogP contribution in [0.1, 0.15) is 21.6 Å². The van der Waals surface area contributed by atoms with Crippen molar-refractivity contribution in [2.75, 3.05) is 12.9 Å². The predicted molar refractivity (Wildman–Crippen MR) is 141 cm³/mol. The molecular formula is C24H24N8O5S2. The number of nitrogens with one attached hydrogen (secondary N) is 3. The number of sulfonamides is 1. The molecule has 202 valence electrons. The number of hydrogen-bond donors (Lipinski definition) is 3. The Bertz CT molecular complexity index is 1580. The first-order valence-corrected chi connectivity index (χ1v) is 13.9. The van der Waals surface area contributed by atoms with Crippen LogP contribution in [-0.4, -0.2) is 58.3 Å². The van der Waals surface area contributed by atoms with Crippen LogP contribution in [0.25, 0.3) is 5.69 Å². The van der Waals surface area contributed by atoms with E-state index in [1.54, 1.807) is 24.4 Å². The van der Waals surface area contributed by atoms with Gasteiger partial charge in [-0.3, -0.25) is 25.4 Å². The van der Waals surface area contributed by atoms with Crippen molar-refractivity contribution in [1.82, 2.24) is 40.8 Å². The number of methoxy groups -OCH3 is 1. The number of hydrazine groups is 1. The van der Waals surface area contributed by atoms with Gasteiger partial charge in [-0.15, -0.1) is 5.10 Å². The first-order chi connectivity index (χ1) is 18.8. The maximum Gasteiger partial charge on any atom is 0.269 e. The number of tetrazole rings is 1. The van der Waals surface area contributed by atoms with Gasteiger partial charge in [-0.1, -0.05) is 36.0 Å². The molecule has 2 heterocycles. The van der Waals surface area contributed by atoms with Gasteiger partial charge in [0.1, 0.15) is 10.6 Å². The highest BCUT2D eigenvalue weighted by atomic mass is 32.2. The Balaban J connectivity index is 1.37. The lowest BCUT2D eigenvalue weighted by Gasteiger charge is -2.13. The summed E-state index contributed by atoms with van der Waals surface area (Å²) in [6.45, 7) is 1.86. The van der Waals surface area contributed by atoms with Crippen molar-refractivity contribution in [2.45, 2.75) is 23.5 Å². The van der Waals surface area contributed by atoms with Crippen LogP contribution in [0.15, 0.2) is 76.9 Å². The number of benzene rings is 2. The molecule has 3 N–H and O–H groups in total. The summed E-state index contributed by atoms with van der Waals surface area (Å²) in [4.78, 5) is 28.9. The van der Waals surface area contributed by atoms with Gasteiger partial charge < -0.3 is 4.74 Å². The first kappa shape index (κ1) is 27.7. The number of thioether (sulfide) groups is 1. The van der Waals surface area contributed by atoms with E-state index in [-0.39, 0.29) is 28.5 Å². The average Bonchev–Trinajstić information content (AvgIpc) is 3.42. The van der Waals surface area contributed by atoms with Gasteiger partial charge in [0.25, 0.3) is 5.91 Å². The largest absolute Gasteiger partial charge is 0.495 e. The van der Waals surface area contributed by atoms with Crippen LogP contribution in [-0.2, 0) is 21.4 Å². The Morgan fingerprint density at radius 3 is 2.59 bits per heavy atom. The lowest BCUT2D eigenvalue weighted by Crippen LogP contribution is -2.42. The summed E-state index contributed by atoms with van der Waals surface area (Å²) in [6, 6.07) is 16.5. The van der Waals surface area contributed by atoms with Crippen molar-refractivity contribution >= 4 is 33.6 Å². The maximum absolute atomic E-state index is 12.9. The van der Waals surface area contributed by atoms with E-state index < -0.39 is 21.8 Å². The second kappa shape index (κ2) is 12.5. The van der Waals surface area contributed by atoms with Gasteiger partial charge in [0.05, 0.1) is 30.8 Å². The number of ether oxygens (including phenoxy) is 1. The molecule has 0 fully saturated rings. The van der Waals surface area contributed by atoms with E-state index in [4.69, 9.17) is 4.74 Å². The lowest BCUT2D eigenvalue weighted by molar-refractivity contribution is -0.119. The predicted octanol–water partition coefficient (Wildman–Crippen LogP) is 1.41. The maximum atomic E-state index is 12.9. The number of aryl methyl sites for hydroxylation is 1. The highest BCUT2D eigenvalue weighted by Crippen LogP contribution is 2.25. The second-order valence-electron chi connectivity index (χ2n) is 7.96. The molecule has 0 saturated heterocycles. The number of para-hydroxylation sites is 1. The van der Waals surface area contributed by atoms with Crippen LogP contribution >= 0.6 is 11.8 Å². The molecule has 39 heavy (non-hydrogen) atoms. The third kappa shape index (κ3) is 6.95. The molecule has 0 saturated carbocycles. The zero-order valence-electron chi connectivity index (χ0n) is 20.9. The van der Waals surface area contributed by atoms with Crippen LogP contribution in [0.5, 0.6) is 5.75 Å². The highest BCUT2D eigenvalue weighted by molar-refractivity contribution is 7.99. The zero-order chi connectivity index (χ0) is 27.8. The summed E-state index contributed by atoms with van der Waals surface area (Å²) < 4.78 is 35.0. The van der Waals surface area contributed by atoms with E-state index in [0.29, 0.717) is 10.9 Å². The summed E-state index contributed by atoms with van der Waals surface area (Å²) in [5, 5.41) is 12.0. The molecule has 2 amide bonds. The number of nitrogens with zero attached hydrogens (tertiary/aromatic N) is 5. The van der Waals surface area contributed by atoms with E-state index in [9.17, 15) is 18.0 Å². The van der Waals surface area contributed by atoms with Crippen LogP contribution in [0.3, 0.4) is 0 Å². The third-order valence-electron chi connectivity index (χ3n) is 5.32.